The Morgan fingerprint density at radius 3 is 2.95 bits per heavy atom. The van der Waals surface area contributed by atoms with E-state index in [4.69, 9.17) is 4.42 Å². The summed E-state index contributed by atoms with van der Waals surface area (Å²) < 4.78 is 18.9. The zero-order valence-corrected chi connectivity index (χ0v) is 11.3. The zero-order chi connectivity index (χ0) is 13.9. The minimum atomic E-state index is -0.281. The second-order valence-corrected chi connectivity index (χ2v) is 4.86. The van der Waals surface area contributed by atoms with Crippen LogP contribution in [0.4, 0.5) is 16.1 Å². The summed E-state index contributed by atoms with van der Waals surface area (Å²) in [6.07, 6.45) is 2.43. The van der Waals surface area contributed by atoms with Crippen LogP contribution in [0.25, 0.3) is 0 Å². The normalized spacial score (nSPS) is 14.5. The molecule has 106 valence electrons. The molecule has 0 bridgehead atoms. The van der Waals surface area contributed by atoms with E-state index in [2.05, 4.69) is 15.5 Å². The van der Waals surface area contributed by atoms with Crippen LogP contribution in [0, 0.1) is 5.82 Å². The first kappa shape index (κ1) is 13.1. The van der Waals surface area contributed by atoms with E-state index in [9.17, 15) is 4.39 Å². The molecule has 0 amide bonds. The van der Waals surface area contributed by atoms with Gasteiger partial charge in [-0.05, 0) is 38.0 Å². The molecule has 1 aromatic heterocycles. The molecule has 1 fully saturated rings. The summed E-state index contributed by atoms with van der Waals surface area (Å²) in [6, 6.07) is 7.34. The van der Waals surface area contributed by atoms with E-state index in [0.29, 0.717) is 36.7 Å². The number of benzene rings is 1. The first-order valence-electron chi connectivity index (χ1n) is 6.85. The molecule has 1 aromatic carbocycles. The molecule has 2 aromatic rings. The van der Waals surface area contributed by atoms with Crippen molar-refractivity contribution in [2.75, 3.05) is 11.4 Å². The van der Waals surface area contributed by atoms with E-state index in [1.807, 2.05) is 13.0 Å². The highest BCUT2D eigenvalue weighted by molar-refractivity contribution is 5.55. The predicted molar refractivity (Wildman–Crippen MR) is 73.2 cm³/mol. The third-order valence-electron chi connectivity index (χ3n) is 3.24. The highest BCUT2D eigenvalue weighted by Crippen LogP contribution is 2.25. The number of anilines is 2. The molecule has 1 aliphatic carbocycles. The second kappa shape index (κ2) is 5.58. The second-order valence-electron chi connectivity index (χ2n) is 4.86. The van der Waals surface area contributed by atoms with Crippen LogP contribution in [0.1, 0.15) is 25.7 Å². The van der Waals surface area contributed by atoms with Gasteiger partial charge in [-0.25, -0.2) is 4.39 Å². The Bertz CT molecular complexity index is 582. The van der Waals surface area contributed by atoms with Crippen LogP contribution < -0.4 is 10.2 Å². The van der Waals surface area contributed by atoms with Crippen molar-refractivity contribution in [1.82, 2.24) is 15.5 Å². The lowest BCUT2D eigenvalue weighted by Gasteiger charge is -2.17. The van der Waals surface area contributed by atoms with Gasteiger partial charge in [-0.15, -0.1) is 5.10 Å². The fourth-order valence-electron chi connectivity index (χ4n) is 2.02. The molecule has 1 saturated carbocycles. The van der Waals surface area contributed by atoms with E-state index in [-0.39, 0.29) is 5.82 Å². The lowest BCUT2D eigenvalue weighted by molar-refractivity contribution is 0.468. The molecule has 1 aliphatic rings. The van der Waals surface area contributed by atoms with E-state index < -0.39 is 0 Å². The molecule has 3 rings (SSSR count). The number of nitrogens with one attached hydrogen (secondary N) is 1. The van der Waals surface area contributed by atoms with Crippen molar-refractivity contribution in [2.45, 2.75) is 32.4 Å². The monoisotopic (exact) mass is 276 g/mol. The van der Waals surface area contributed by atoms with Crippen LogP contribution in [0.3, 0.4) is 0 Å². The van der Waals surface area contributed by atoms with Crippen LogP contribution in [-0.2, 0) is 6.54 Å². The van der Waals surface area contributed by atoms with Gasteiger partial charge in [-0.1, -0.05) is 11.2 Å². The molecule has 1 N–H and O–H groups in total. The summed E-state index contributed by atoms with van der Waals surface area (Å²) in [7, 11) is 0. The minimum Gasteiger partial charge on any atom is -0.406 e. The fourth-order valence-corrected chi connectivity index (χ4v) is 2.02. The summed E-state index contributed by atoms with van der Waals surface area (Å²) in [4.78, 5) is 1.79. The topological polar surface area (TPSA) is 54.2 Å². The van der Waals surface area contributed by atoms with Crippen molar-refractivity contribution < 1.29 is 8.81 Å². The maximum atomic E-state index is 13.3. The minimum absolute atomic E-state index is 0.281. The number of rotatable bonds is 6. The Kier molecular flexibility index (Phi) is 3.64. The van der Waals surface area contributed by atoms with Crippen LogP contribution in [0.15, 0.2) is 28.7 Å². The Morgan fingerprint density at radius 1 is 1.40 bits per heavy atom. The largest absolute Gasteiger partial charge is 0.406 e. The van der Waals surface area contributed by atoms with Crippen molar-refractivity contribution in [3.63, 3.8) is 0 Å². The first-order valence-corrected chi connectivity index (χ1v) is 6.85. The third kappa shape index (κ3) is 2.96. The number of aromatic nitrogens is 2. The molecule has 0 spiro atoms. The molecule has 5 nitrogen and oxygen atoms in total. The Labute approximate surface area is 116 Å². The lowest BCUT2D eigenvalue weighted by atomic mass is 10.3. The highest BCUT2D eigenvalue weighted by atomic mass is 19.1. The van der Waals surface area contributed by atoms with Crippen molar-refractivity contribution in [3.05, 3.63) is 36.0 Å². The fraction of sp³-hybridized carbons (Fsp3) is 0.429. The van der Waals surface area contributed by atoms with Gasteiger partial charge in [-0.3, -0.25) is 4.90 Å². The van der Waals surface area contributed by atoms with Crippen LogP contribution in [-0.4, -0.2) is 22.8 Å². The quantitative estimate of drug-likeness (QED) is 0.879. The summed E-state index contributed by atoms with van der Waals surface area (Å²) in [6.45, 7) is 3.16. The van der Waals surface area contributed by atoms with E-state index in [0.717, 1.165) is 0 Å². The molecule has 0 radical (unpaired) electrons. The van der Waals surface area contributed by atoms with Crippen molar-refractivity contribution in [2.24, 2.45) is 0 Å². The van der Waals surface area contributed by atoms with Crippen molar-refractivity contribution >= 4 is 11.7 Å². The van der Waals surface area contributed by atoms with Gasteiger partial charge in [0.25, 0.3) is 0 Å². The van der Waals surface area contributed by atoms with Crippen molar-refractivity contribution in [3.8, 4) is 0 Å². The molecule has 0 unspecified atom stereocenters. The number of nitrogens with zero attached hydrogens (tertiary/aromatic N) is 3. The third-order valence-corrected chi connectivity index (χ3v) is 3.24. The van der Waals surface area contributed by atoms with Gasteiger partial charge in [-0.2, -0.15) is 0 Å². The molecule has 1 heterocycles. The molecule has 0 aliphatic heterocycles. The number of halogens is 1. The standard InChI is InChI=1S/C14H17FN4O/c1-2-19(12-5-3-4-10(15)8-12)14-18-17-13(20-14)9-16-11-6-7-11/h3-5,8,11,16H,2,6-7,9H2,1H3. The first-order chi connectivity index (χ1) is 9.76. The van der Waals surface area contributed by atoms with E-state index in [1.54, 1.807) is 11.0 Å². The summed E-state index contributed by atoms with van der Waals surface area (Å²) >= 11 is 0. The Balaban J connectivity index is 1.74. The average molecular weight is 276 g/mol. The molecule has 20 heavy (non-hydrogen) atoms. The number of hydrogen-bond acceptors (Lipinski definition) is 5. The molecule has 0 atom stereocenters. The molecular weight excluding hydrogens is 259 g/mol. The maximum absolute atomic E-state index is 13.3. The number of hydrogen-bond donors (Lipinski definition) is 1. The van der Waals surface area contributed by atoms with Gasteiger partial charge < -0.3 is 9.73 Å². The van der Waals surface area contributed by atoms with Gasteiger partial charge in [0, 0.05) is 18.3 Å². The molecular formula is C14H17FN4O. The molecule has 6 heteroatoms. The van der Waals surface area contributed by atoms with E-state index in [1.165, 1.54) is 25.0 Å². The van der Waals surface area contributed by atoms with Gasteiger partial charge in [0.2, 0.25) is 5.89 Å². The van der Waals surface area contributed by atoms with Gasteiger partial charge in [0.05, 0.1) is 6.54 Å². The summed E-state index contributed by atoms with van der Waals surface area (Å²) in [5, 5.41) is 11.4. The van der Waals surface area contributed by atoms with Crippen LogP contribution >= 0.6 is 0 Å². The summed E-state index contributed by atoms with van der Waals surface area (Å²) in [5.41, 5.74) is 0.706. The average Bonchev–Trinajstić information content (AvgIpc) is 3.16. The van der Waals surface area contributed by atoms with Gasteiger partial charge >= 0.3 is 6.01 Å². The summed E-state index contributed by atoms with van der Waals surface area (Å²) in [5.74, 6) is 0.276. The Hall–Kier alpha value is -1.95. The SMILES string of the molecule is CCN(c1cccc(F)c1)c1nnc(CNC2CC2)o1. The van der Waals surface area contributed by atoms with Gasteiger partial charge in [0.15, 0.2) is 0 Å². The van der Waals surface area contributed by atoms with Gasteiger partial charge in [0.1, 0.15) is 5.82 Å². The van der Waals surface area contributed by atoms with Crippen LogP contribution in [0.5, 0.6) is 0 Å². The maximum Gasteiger partial charge on any atom is 0.322 e. The lowest BCUT2D eigenvalue weighted by Crippen LogP contribution is -2.16. The smallest absolute Gasteiger partial charge is 0.322 e. The highest BCUT2D eigenvalue weighted by Gasteiger charge is 2.22. The molecule has 0 saturated heterocycles. The van der Waals surface area contributed by atoms with E-state index >= 15 is 0 Å². The van der Waals surface area contributed by atoms with Crippen molar-refractivity contribution in [1.29, 1.82) is 0 Å². The predicted octanol–water partition coefficient (Wildman–Crippen LogP) is 2.62. The Morgan fingerprint density at radius 2 is 2.25 bits per heavy atom. The van der Waals surface area contributed by atoms with Crippen LogP contribution in [0.2, 0.25) is 0 Å². The zero-order valence-electron chi connectivity index (χ0n) is 11.3.